The number of nitrogens with zero attached hydrogens (tertiary/aromatic N) is 3. The van der Waals surface area contributed by atoms with E-state index in [0.717, 1.165) is 28.6 Å². The molecular weight excluding hydrogens is 336 g/mol. The van der Waals surface area contributed by atoms with Crippen LogP contribution in [0.15, 0.2) is 36.5 Å². The minimum atomic E-state index is -0.0957. The maximum absolute atomic E-state index is 12.7. The first-order valence-corrected chi connectivity index (χ1v) is 9.64. The summed E-state index contributed by atoms with van der Waals surface area (Å²) in [7, 11) is 1.91. The number of hydrogen-bond acceptors (Lipinski definition) is 3. The van der Waals surface area contributed by atoms with Crippen LogP contribution in [0, 0.1) is 6.92 Å². The molecule has 0 aliphatic heterocycles. The summed E-state index contributed by atoms with van der Waals surface area (Å²) >= 11 is 0. The van der Waals surface area contributed by atoms with Gasteiger partial charge in [-0.1, -0.05) is 13.0 Å². The molecule has 0 radical (unpaired) electrons. The van der Waals surface area contributed by atoms with Crippen LogP contribution >= 0.6 is 0 Å². The summed E-state index contributed by atoms with van der Waals surface area (Å²) in [5.74, 6) is -0.0797. The lowest BCUT2D eigenvalue weighted by molar-refractivity contribution is 0.0940. The Labute approximate surface area is 159 Å². The first kappa shape index (κ1) is 17.7. The molecule has 4 rings (SSSR count). The molecule has 0 saturated heterocycles. The number of pyridine rings is 1. The molecule has 1 N–H and O–H groups in total. The maximum atomic E-state index is 12.7. The minimum Gasteiger partial charge on any atom is -0.345 e. The summed E-state index contributed by atoms with van der Waals surface area (Å²) in [5.41, 5.74) is 5.19. The average molecular weight is 362 g/mol. The first-order chi connectivity index (χ1) is 12.9. The Morgan fingerprint density at radius 3 is 2.70 bits per heavy atom. The van der Waals surface area contributed by atoms with Crippen LogP contribution in [0.2, 0.25) is 0 Å². The van der Waals surface area contributed by atoms with Crippen LogP contribution in [0.1, 0.15) is 66.5 Å². The maximum Gasteiger partial charge on any atom is 0.251 e. The molecule has 0 spiro atoms. The van der Waals surface area contributed by atoms with Gasteiger partial charge >= 0.3 is 0 Å². The fraction of sp³-hybridized carbons (Fsp3) is 0.409. The predicted octanol–water partition coefficient (Wildman–Crippen LogP) is 4.21. The van der Waals surface area contributed by atoms with E-state index in [9.17, 15) is 4.79 Å². The predicted molar refractivity (Wildman–Crippen MR) is 107 cm³/mol. The van der Waals surface area contributed by atoms with Crippen molar-refractivity contribution in [2.75, 3.05) is 0 Å². The van der Waals surface area contributed by atoms with Crippen molar-refractivity contribution in [2.45, 2.75) is 51.5 Å². The first-order valence-electron chi connectivity index (χ1n) is 9.64. The van der Waals surface area contributed by atoms with Crippen molar-refractivity contribution >= 4 is 16.8 Å². The summed E-state index contributed by atoms with van der Waals surface area (Å²) in [5, 5.41) is 8.33. The second-order valence-electron chi connectivity index (χ2n) is 7.74. The van der Waals surface area contributed by atoms with E-state index in [0.29, 0.717) is 11.0 Å². The van der Waals surface area contributed by atoms with Gasteiger partial charge in [-0.3, -0.25) is 14.5 Å². The Bertz CT molecular complexity index is 1020. The van der Waals surface area contributed by atoms with E-state index >= 15 is 0 Å². The van der Waals surface area contributed by atoms with Crippen molar-refractivity contribution < 1.29 is 4.79 Å². The van der Waals surface area contributed by atoms with Crippen LogP contribution in [0.4, 0.5) is 0 Å². The molecule has 1 unspecified atom stereocenters. The number of benzene rings is 1. The Hall–Kier alpha value is -2.69. The molecular formula is C22H26N4O. The normalized spacial score (nSPS) is 16.3. The second kappa shape index (κ2) is 6.48. The van der Waals surface area contributed by atoms with Crippen molar-refractivity contribution in [2.24, 2.45) is 7.05 Å². The third-order valence-electron chi connectivity index (χ3n) is 6.11. The van der Waals surface area contributed by atoms with E-state index in [1.54, 1.807) is 0 Å². The van der Waals surface area contributed by atoms with Gasteiger partial charge in [0.05, 0.1) is 17.8 Å². The topological polar surface area (TPSA) is 59.8 Å². The molecule has 2 heterocycles. The van der Waals surface area contributed by atoms with E-state index in [1.807, 2.05) is 50.0 Å². The zero-order valence-electron chi connectivity index (χ0n) is 16.4. The van der Waals surface area contributed by atoms with Crippen molar-refractivity contribution in [3.63, 3.8) is 0 Å². The fourth-order valence-corrected chi connectivity index (χ4v) is 3.80. The lowest BCUT2D eigenvalue weighted by atomic mass is 9.97. The third kappa shape index (κ3) is 3.11. The number of fused-ring (bicyclic) bond motifs is 1. The highest BCUT2D eigenvalue weighted by atomic mass is 16.1. The van der Waals surface area contributed by atoms with E-state index < -0.39 is 0 Å². The van der Waals surface area contributed by atoms with Crippen molar-refractivity contribution in [3.05, 3.63) is 59.0 Å². The number of amides is 1. The second-order valence-corrected chi connectivity index (χ2v) is 7.74. The van der Waals surface area contributed by atoms with Gasteiger partial charge < -0.3 is 5.32 Å². The van der Waals surface area contributed by atoms with Crippen LogP contribution in [0.5, 0.6) is 0 Å². The molecule has 5 nitrogen and oxygen atoms in total. The van der Waals surface area contributed by atoms with E-state index in [-0.39, 0.29) is 11.9 Å². The molecule has 2 aromatic heterocycles. The van der Waals surface area contributed by atoms with E-state index in [4.69, 9.17) is 4.98 Å². The number of carbonyl (C=O) groups is 1. The fourth-order valence-electron chi connectivity index (χ4n) is 3.80. The molecule has 140 valence electrons. The average Bonchev–Trinajstić information content (AvgIpc) is 3.41. The van der Waals surface area contributed by atoms with Crippen LogP contribution in [0.3, 0.4) is 0 Å². The van der Waals surface area contributed by atoms with Crippen molar-refractivity contribution in [3.8, 4) is 0 Å². The van der Waals surface area contributed by atoms with Gasteiger partial charge in [-0.25, -0.2) is 0 Å². The zero-order chi connectivity index (χ0) is 19.2. The molecule has 1 aromatic carbocycles. The summed E-state index contributed by atoms with van der Waals surface area (Å²) in [6.45, 7) is 6.22. The summed E-state index contributed by atoms with van der Waals surface area (Å²) in [6, 6.07) is 9.88. The van der Waals surface area contributed by atoms with Gasteiger partial charge in [-0.15, -0.1) is 0 Å². The Kier molecular flexibility index (Phi) is 4.25. The summed E-state index contributed by atoms with van der Waals surface area (Å²) < 4.78 is 1.82. The number of nitrogens with one attached hydrogen (secondary N) is 1. The summed E-state index contributed by atoms with van der Waals surface area (Å²) in [6.07, 6.45) is 5.41. The third-order valence-corrected chi connectivity index (χ3v) is 6.11. The van der Waals surface area contributed by atoms with Crippen LogP contribution < -0.4 is 5.32 Å². The number of aromatic nitrogens is 3. The molecule has 5 heteroatoms. The molecule has 1 atom stereocenters. The molecule has 1 amide bonds. The largest absolute Gasteiger partial charge is 0.345 e. The monoisotopic (exact) mass is 362 g/mol. The van der Waals surface area contributed by atoms with Crippen LogP contribution in [-0.2, 0) is 12.5 Å². The van der Waals surface area contributed by atoms with Gasteiger partial charge in [0.2, 0.25) is 0 Å². The van der Waals surface area contributed by atoms with Gasteiger partial charge in [-0.2, -0.15) is 5.10 Å². The summed E-state index contributed by atoms with van der Waals surface area (Å²) in [4.78, 5) is 17.6. The van der Waals surface area contributed by atoms with Gasteiger partial charge in [-0.05, 0) is 57.4 Å². The van der Waals surface area contributed by atoms with Gasteiger partial charge in [0, 0.05) is 40.4 Å². The zero-order valence-corrected chi connectivity index (χ0v) is 16.4. The molecule has 0 bridgehead atoms. The molecule has 3 aromatic rings. The lowest BCUT2D eigenvalue weighted by Crippen LogP contribution is -2.26. The smallest absolute Gasteiger partial charge is 0.251 e. The van der Waals surface area contributed by atoms with Gasteiger partial charge in [0.1, 0.15) is 0 Å². The van der Waals surface area contributed by atoms with Crippen LogP contribution in [0.25, 0.3) is 10.9 Å². The minimum absolute atomic E-state index is 0.0797. The Morgan fingerprint density at radius 1 is 1.30 bits per heavy atom. The highest BCUT2D eigenvalue weighted by Crippen LogP contribution is 2.50. The Balaban J connectivity index is 1.55. The van der Waals surface area contributed by atoms with E-state index in [2.05, 4.69) is 29.5 Å². The number of aryl methyl sites for hydroxylation is 1. The van der Waals surface area contributed by atoms with Gasteiger partial charge in [0.25, 0.3) is 5.91 Å². The van der Waals surface area contributed by atoms with Crippen molar-refractivity contribution in [1.29, 1.82) is 0 Å². The van der Waals surface area contributed by atoms with Gasteiger partial charge in [0.15, 0.2) is 0 Å². The number of rotatable bonds is 5. The highest BCUT2D eigenvalue weighted by Gasteiger charge is 2.43. The molecule has 27 heavy (non-hydrogen) atoms. The standard InChI is InChI=1S/C22H26N4O/c1-5-22(10-11-22)20-9-7-16-12-17(6-8-19(16)25-20)21(27)24-14(2)18-13-23-26(4)15(18)3/h6-9,12-14H,5,10-11H2,1-4H3,(H,24,27). The van der Waals surface area contributed by atoms with Crippen molar-refractivity contribution in [1.82, 2.24) is 20.1 Å². The van der Waals surface area contributed by atoms with Crippen LogP contribution in [-0.4, -0.2) is 20.7 Å². The highest BCUT2D eigenvalue weighted by molar-refractivity contribution is 5.98. The molecule has 1 aliphatic carbocycles. The Morgan fingerprint density at radius 2 is 2.07 bits per heavy atom. The molecule has 1 fully saturated rings. The molecule has 1 saturated carbocycles. The lowest BCUT2D eigenvalue weighted by Gasteiger charge is -2.15. The SMILES string of the molecule is CCC1(c2ccc3cc(C(=O)NC(C)c4cnn(C)c4C)ccc3n2)CC1. The quantitative estimate of drug-likeness (QED) is 0.740. The number of hydrogen-bond donors (Lipinski definition) is 1. The van der Waals surface area contributed by atoms with E-state index in [1.165, 1.54) is 18.5 Å². The molecule has 1 aliphatic rings. The number of carbonyl (C=O) groups excluding carboxylic acids is 1.